The van der Waals surface area contributed by atoms with Crippen LogP contribution in [0.3, 0.4) is 0 Å². The van der Waals surface area contributed by atoms with Gasteiger partial charge in [-0.05, 0) is 44.1 Å². The lowest BCUT2D eigenvalue weighted by Gasteiger charge is -2.22. The molecule has 0 aromatic heterocycles. The molecule has 0 atom stereocenters. The third kappa shape index (κ3) is 3.77. The van der Waals surface area contributed by atoms with Crippen LogP contribution in [0.15, 0.2) is 18.2 Å². The lowest BCUT2D eigenvalue weighted by molar-refractivity contribution is 0.0909. The number of ether oxygens (including phenoxy) is 1. The molecule has 6 heteroatoms. The van der Waals surface area contributed by atoms with Crippen molar-refractivity contribution in [3.8, 4) is 0 Å². The van der Waals surface area contributed by atoms with Crippen LogP contribution in [0, 0.1) is 0 Å². The van der Waals surface area contributed by atoms with Gasteiger partial charge in [0.1, 0.15) is 6.10 Å². The van der Waals surface area contributed by atoms with Crippen molar-refractivity contribution in [3.05, 3.63) is 28.2 Å². The highest BCUT2D eigenvalue weighted by molar-refractivity contribution is 6.42. The van der Waals surface area contributed by atoms with E-state index < -0.39 is 6.09 Å². The zero-order chi connectivity index (χ0) is 13.0. The van der Waals surface area contributed by atoms with Crippen molar-refractivity contribution in [2.75, 3.05) is 18.4 Å². The second kappa shape index (κ2) is 6.27. The summed E-state index contributed by atoms with van der Waals surface area (Å²) in [4.78, 5) is 11.6. The minimum absolute atomic E-state index is 0.0194. The first-order valence-electron chi connectivity index (χ1n) is 5.78. The first-order chi connectivity index (χ1) is 8.65. The van der Waals surface area contributed by atoms with E-state index in [9.17, 15) is 4.79 Å². The molecule has 2 N–H and O–H groups in total. The lowest BCUT2D eigenvalue weighted by Crippen LogP contribution is -2.34. The number of halogens is 2. The monoisotopic (exact) mass is 288 g/mol. The van der Waals surface area contributed by atoms with Crippen molar-refractivity contribution in [1.29, 1.82) is 0 Å². The van der Waals surface area contributed by atoms with Gasteiger partial charge < -0.3 is 10.1 Å². The van der Waals surface area contributed by atoms with Crippen LogP contribution < -0.4 is 10.6 Å². The zero-order valence-corrected chi connectivity index (χ0v) is 11.2. The number of anilines is 1. The summed E-state index contributed by atoms with van der Waals surface area (Å²) in [7, 11) is 0. The molecular formula is C12H14Cl2N2O2. The van der Waals surface area contributed by atoms with Crippen LogP contribution in [0.5, 0.6) is 0 Å². The molecule has 0 unspecified atom stereocenters. The van der Waals surface area contributed by atoms with Crippen LogP contribution in [-0.2, 0) is 4.74 Å². The fourth-order valence-corrected chi connectivity index (χ4v) is 2.08. The maximum absolute atomic E-state index is 11.6. The van der Waals surface area contributed by atoms with Crippen molar-refractivity contribution >= 4 is 35.0 Å². The Morgan fingerprint density at radius 3 is 2.67 bits per heavy atom. The molecule has 0 spiro atoms. The van der Waals surface area contributed by atoms with E-state index in [1.54, 1.807) is 18.2 Å². The summed E-state index contributed by atoms with van der Waals surface area (Å²) >= 11 is 11.6. The molecule has 4 nitrogen and oxygen atoms in total. The first-order valence-corrected chi connectivity index (χ1v) is 6.54. The van der Waals surface area contributed by atoms with Crippen molar-refractivity contribution in [2.24, 2.45) is 0 Å². The van der Waals surface area contributed by atoms with Gasteiger partial charge >= 0.3 is 6.09 Å². The van der Waals surface area contributed by atoms with Crippen LogP contribution in [-0.4, -0.2) is 25.3 Å². The number of carbonyl (C=O) groups is 1. The second-order valence-corrected chi connectivity index (χ2v) is 4.92. The Hall–Kier alpha value is -0.970. The van der Waals surface area contributed by atoms with E-state index in [1.165, 1.54) is 0 Å². The van der Waals surface area contributed by atoms with E-state index in [2.05, 4.69) is 10.6 Å². The van der Waals surface area contributed by atoms with Crippen molar-refractivity contribution < 1.29 is 9.53 Å². The number of hydrogen-bond acceptors (Lipinski definition) is 3. The number of rotatable bonds is 2. The van der Waals surface area contributed by atoms with Gasteiger partial charge in [-0.2, -0.15) is 0 Å². The molecular weight excluding hydrogens is 275 g/mol. The number of hydrogen-bond donors (Lipinski definition) is 2. The maximum Gasteiger partial charge on any atom is 0.411 e. The molecule has 0 radical (unpaired) electrons. The molecule has 0 bridgehead atoms. The predicted molar refractivity (Wildman–Crippen MR) is 72.5 cm³/mol. The summed E-state index contributed by atoms with van der Waals surface area (Å²) in [6, 6.07) is 4.90. The molecule has 1 heterocycles. The summed E-state index contributed by atoms with van der Waals surface area (Å²) in [6.07, 6.45) is 1.21. The maximum atomic E-state index is 11.6. The van der Waals surface area contributed by atoms with E-state index in [1.807, 2.05) is 0 Å². The zero-order valence-electron chi connectivity index (χ0n) is 9.71. The minimum Gasteiger partial charge on any atom is -0.446 e. The largest absolute Gasteiger partial charge is 0.446 e. The van der Waals surface area contributed by atoms with Gasteiger partial charge in [0.2, 0.25) is 0 Å². The standard InChI is InChI=1S/C12H14Cl2N2O2/c13-10-2-1-8(7-11(10)14)16-12(17)18-9-3-5-15-6-4-9/h1-2,7,9,15H,3-6H2,(H,16,17). The van der Waals surface area contributed by atoms with Gasteiger partial charge in [-0.15, -0.1) is 0 Å². The number of carbonyl (C=O) groups excluding carboxylic acids is 1. The number of piperidine rings is 1. The Bertz CT molecular complexity index is 434. The van der Waals surface area contributed by atoms with E-state index >= 15 is 0 Å². The molecule has 1 aliphatic rings. The average Bonchev–Trinajstić information content (AvgIpc) is 2.35. The Labute approximate surface area is 116 Å². The molecule has 1 fully saturated rings. The molecule has 1 saturated heterocycles. The van der Waals surface area contributed by atoms with Gasteiger partial charge in [-0.25, -0.2) is 4.79 Å². The third-order valence-electron chi connectivity index (χ3n) is 2.73. The molecule has 1 aromatic carbocycles. The summed E-state index contributed by atoms with van der Waals surface area (Å²) in [5.74, 6) is 0. The summed E-state index contributed by atoms with van der Waals surface area (Å²) < 4.78 is 5.30. The lowest BCUT2D eigenvalue weighted by atomic mass is 10.1. The predicted octanol–water partition coefficient (Wildman–Crippen LogP) is 3.29. The van der Waals surface area contributed by atoms with Crippen LogP contribution in [0.1, 0.15) is 12.8 Å². The highest BCUT2D eigenvalue weighted by Gasteiger charge is 2.17. The molecule has 0 aliphatic carbocycles. The number of amides is 1. The van der Waals surface area contributed by atoms with Crippen molar-refractivity contribution in [1.82, 2.24) is 5.32 Å². The van der Waals surface area contributed by atoms with E-state index in [0.29, 0.717) is 15.7 Å². The van der Waals surface area contributed by atoms with Crippen LogP contribution >= 0.6 is 23.2 Å². The third-order valence-corrected chi connectivity index (χ3v) is 3.46. The fraction of sp³-hybridized carbons (Fsp3) is 0.417. The molecule has 1 amide bonds. The SMILES string of the molecule is O=C(Nc1ccc(Cl)c(Cl)c1)OC1CCNCC1. The Morgan fingerprint density at radius 2 is 2.00 bits per heavy atom. The average molecular weight is 289 g/mol. The van der Waals surface area contributed by atoms with Gasteiger partial charge in [-0.1, -0.05) is 23.2 Å². The molecule has 98 valence electrons. The van der Waals surface area contributed by atoms with E-state index in [0.717, 1.165) is 25.9 Å². The minimum atomic E-state index is -0.458. The molecule has 2 rings (SSSR count). The van der Waals surface area contributed by atoms with Crippen molar-refractivity contribution in [2.45, 2.75) is 18.9 Å². The molecule has 1 aliphatic heterocycles. The van der Waals surface area contributed by atoms with Gasteiger partial charge in [0.25, 0.3) is 0 Å². The quantitative estimate of drug-likeness (QED) is 0.878. The smallest absolute Gasteiger partial charge is 0.411 e. The van der Waals surface area contributed by atoms with Crippen molar-refractivity contribution in [3.63, 3.8) is 0 Å². The van der Waals surface area contributed by atoms with Gasteiger partial charge in [0.15, 0.2) is 0 Å². The Balaban J connectivity index is 1.88. The molecule has 18 heavy (non-hydrogen) atoms. The highest BCUT2D eigenvalue weighted by atomic mass is 35.5. The topological polar surface area (TPSA) is 50.4 Å². The van der Waals surface area contributed by atoms with Crippen LogP contribution in [0.2, 0.25) is 10.0 Å². The second-order valence-electron chi connectivity index (χ2n) is 4.11. The van der Waals surface area contributed by atoms with E-state index in [-0.39, 0.29) is 6.10 Å². The fourth-order valence-electron chi connectivity index (χ4n) is 1.79. The highest BCUT2D eigenvalue weighted by Crippen LogP contribution is 2.25. The summed E-state index contributed by atoms with van der Waals surface area (Å²) in [5.41, 5.74) is 0.573. The summed E-state index contributed by atoms with van der Waals surface area (Å²) in [5, 5.41) is 6.69. The molecule has 0 saturated carbocycles. The van der Waals surface area contributed by atoms with Gasteiger partial charge in [-0.3, -0.25) is 5.32 Å². The van der Waals surface area contributed by atoms with Gasteiger partial charge in [0.05, 0.1) is 10.0 Å². The van der Waals surface area contributed by atoms with E-state index in [4.69, 9.17) is 27.9 Å². The summed E-state index contributed by atoms with van der Waals surface area (Å²) in [6.45, 7) is 1.76. The number of nitrogens with one attached hydrogen (secondary N) is 2. The molecule has 1 aromatic rings. The van der Waals surface area contributed by atoms with Crippen LogP contribution in [0.4, 0.5) is 10.5 Å². The van der Waals surface area contributed by atoms with Crippen LogP contribution in [0.25, 0.3) is 0 Å². The Morgan fingerprint density at radius 1 is 1.28 bits per heavy atom. The Kier molecular flexibility index (Phi) is 4.69. The normalized spacial score (nSPS) is 16.3. The number of benzene rings is 1. The van der Waals surface area contributed by atoms with Gasteiger partial charge in [0, 0.05) is 5.69 Å². The first kappa shape index (κ1) is 13.5.